The Bertz CT molecular complexity index is 489. The monoisotopic (exact) mass is 256 g/mol. The summed E-state index contributed by atoms with van der Waals surface area (Å²) in [7, 11) is 1.77. The molecule has 2 aromatic rings. The lowest BCUT2D eigenvalue weighted by Crippen LogP contribution is -2.16. The minimum atomic E-state index is -0.429. The lowest BCUT2D eigenvalue weighted by atomic mass is 10.1. The Morgan fingerprint density at radius 2 is 1.94 bits per heavy atom. The number of nitrogens with zero attached hydrogens (tertiary/aromatic N) is 3. The van der Waals surface area contributed by atoms with Crippen LogP contribution in [0.25, 0.3) is 0 Å². The normalized spacial score (nSPS) is 12.8. The molecule has 2 rings (SSSR count). The van der Waals surface area contributed by atoms with Crippen molar-refractivity contribution in [2.45, 2.75) is 6.04 Å². The maximum atomic E-state index is 6.09. The molecule has 0 radical (unpaired) electrons. The molecule has 16 heavy (non-hydrogen) atoms. The maximum absolute atomic E-state index is 6.09. The van der Waals surface area contributed by atoms with Gasteiger partial charge in [0.1, 0.15) is 0 Å². The SMILES string of the molecule is Cn1nncc1C(N)c1c(Cl)cccc1Cl. The zero-order valence-electron chi connectivity index (χ0n) is 8.56. The molecule has 0 aliphatic carbocycles. The van der Waals surface area contributed by atoms with Gasteiger partial charge in [-0.2, -0.15) is 0 Å². The molecular weight excluding hydrogens is 247 g/mol. The van der Waals surface area contributed by atoms with Gasteiger partial charge in [0.05, 0.1) is 17.9 Å². The largest absolute Gasteiger partial charge is 0.319 e. The number of halogens is 2. The van der Waals surface area contributed by atoms with Crippen molar-refractivity contribution >= 4 is 23.2 Å². The van der Waals surface area contributed by atoms with Crippen molar-refractivity contribution in [3.05, 3.63) is 45.7 Å². The van der Waals surface area contributed by atoms with E-state index in [4.69, 9.17) is 28.9 Å². The van der Waals surface area contributed by atoms with Crippen LogP contribution < -0.4 is 5.73 Å². The highest BCUT2D eigenvalue weighted by Crippen LogP contribution is 2.31. The highest BCUT2D eigenvalue weighted by atomic mass is 35.5. The molecule has 4 nitrogen and oxygen atoms in total. The van der Waals surface area contributed by atoms with Crippen LogP contribution in [0, 0.1) is 0 Å². The third kappa shape index (κ3) is 1.91. The van der Waals surface area contributed by atoms with Crippen LogP contribution in [0.1, 0.15) is 17.3 Å². The number of aryl methyl sites for hydroxylation is 1. The summed E-state index contributed by atoms with van der Waals surface area (Å²) in [6, 6.07) is 4.86. The van der Waals surface area contributed by atoms with E-state index in [1.54, 1.807) is 36.1 Å². The Kier molecular flexibility index (Phi) is 3.14. The van der Waals surface area contributed by atoms with E-state index in [1.807, 2.05) is 0 Å². The molecule has 1 aromatic carbocycles. The quantitative estimate of drug-likeness (QED) is 0.896. The van der Waals surface area contributed by atoms with Crippen molar-refractivity contribution in [3.63, 3.8) is 0 Å². The molecule has 6 heteroatoms. The second-order valence-corrected chi connectivity index (χ2v) is 4.21. The van der Waals surface area contributed by atoms with Crippen LogP contribution in [0.3, 0.4) is 0 Å². The number of nitrogens with two attached hydrogens (primary N) is 1. The van der Waals surface area contributed by atoms with Crippen molar-refractivity contribution in [2.75, 3.05) is 0 Å². The van der Waals surface area contributed by atoms with Gasteiger partial charge in [0.25, 0.3) is 0 Å². The lowest BCUT2D eigenvalue weighted by Gasteiger charge is -2.14. The highest BCUT2D eigenvalue weighted by Gasteiger charge is 2.18. The van der Waals surface area contributed by atoms with E-state index in [0.717, 1.165) is 5.69 Å². The van der Waals surface area contributed by atoms with Gasteiger partial charge >= 0.3 is 0 Å². The van der Waals surface area contributed by atoms with E-state index >= 15 is 0 Å². The van der Waals surface area contributed by atoms with Crippen LogP contribution >= 0.6 is 23.2 Å². The first kappa shape index (κ1) is 11.4. The van der Waals surface area contributed by atoms with E-state index in [-0.39, 0.29) is 0 Å². The van der Waals surface area contributed by atoms with Crippen molar-refractivity contribution < 1.29 is 0 Å². The standard InChI is InChI=1S/C10H10Cl2N4/c1-16-8(5-14-15-16)10(13)9-6(11)3-2-4-7(9)12/h2-5,10H,13H2,1H3. The molecule has 84 valence electrons. The van der Waals surface area contributed by atoms with Crippen LogP contribution in [0.15, 0.2) is 24.4 Å². The second-order valence-electron chi connectivity index (χ2n) is 3.40. The average molecular weight is 257 g/mol. The smallest absolute Gasteiger partial charge is 0.0797 e. The Morgan fingerprint density at radius 3 is 2.44 bits per heavy atom. The third-order valence-corrected chi connectivity index (χ3v) is 3.04. The molecule has 2 N–H and O–H groups in total. The van der Waals surface area contributed by atoms with Crippen LogP contribution in [0.2, 0.25) is 10.0 Å². The Morgan fingerprint density at radius 1 is 1.31 bits per heavy atom. The number of hydrogen-bond donors (Lipinski definition) is 1. The Hall–Kier alpha value is -1.10. The fraction of sp³-hybridized carbons (Fsp3) is 0.200. The second kappa shape index (κ2) is 4.41. The summed E-state index contributed by atoms with van der Waals surface area (Å²) in [4.78, 5) is 0. The Balaban J connectivity index is 2.49. The maximum Gasteiger partial charge on any atom is 0.0797 e. The van der Waals surface area contributed by atoms with Gasteiger partial charge in [-0.25, -0.2) is 0 Å². The van der Waals surface area contributed by atoms with Crippen molar-refractivity contribution in [3.8, 4) is 0 Å². The number of aromatic nitrogens is 3. The first-order valence-electron chi connectivity index (χ1n) is 4.65. The molecule has 1 unspecified atom stereocenters. The van der Waals surface area contributed by atoms with E-state index in [9.17, 15) is 0 Å². The lowest BCUT2D eigenvalue weighted by molar-refractivity contribution is 0.651. The Labute approximate surface area is 103 Å². The molecule has 0 aliphatic heterocycles. The van der Waals surface area contributed by atoms with Crippen molar-refractivity contribution in [2.24, 2.45) is 12.8 Å². The van der Waals surface area contributed by atoms with Crippen LogP contribution in [0.4, 0.5) is 0 Å². The van der Waals surface area contributed by atoms with Gasteiger partial charge in [0.15, 0.2) is 0 Å². The molecule has 0 spiro atoms. The number of rotatable bonds is 2. The summed E-state index contributed by atoms with van der Waals surface area (Å²) in [5.41, 5.74) is 7.54. The van der Waals surface area contributed by atoms with E-state index in [2.05, 4.69) is 10.3 Å². The van der Waals surface area contributed by atoms with Gasteiger partial charge in [0, 0.05) is 22.7 Å². The van der Waals surface area contributed by atoms with Gasteiger partial charge in [-0.15, -0.1) is 5.10 Å². The van der Waals surface area contributed by atoms with Crippen LogP contribution in [0.5, 0.6) is 0 Å². The summed E-state index contributed by atoms with van der Waals surface area (Å²) >= 11 is 12.2. The summed E-state index contributed by atoms with van der Waals surface area (Å²) in [6.07, 6.45) is 1.60. The summed E-state index contributed by atoms with van der Waals surface area (Å²) in [5, 5.41) is 8.68. The molecule has 0 fully saturated rings. The molecular formula is C10H10Cl2N4. The minimum Gasteiger partial charge on any atom is -0.319 e. The first-order chi connectivity index (χ1) is 7.61. The summed E-state index contributed by atoms with van der Waals surface area (Å²) < 4.78 is 1.60. The fourth-order valence-corrected chi connectivity index (χ4v) is 2.17. The number of benzene rings is 1. The zero-order valence-corrected chi connectivity index (χ0v) is 10.1. The molecule has 1 aromatic heterocycles. The molecule has 1 atom stereocenters. The van der Waals surface area contributed by atoms with Gasteiger partial charge in [0.2, 0.25) is 0 Å². The molecule has 0 bridgehead atoms. The summed E-state index contributed by atoms with van der Waals surface area (Å²) in [6.45, 7) is 0. The molecule has 0 saturated carbocycles. The van der Waals surface area contributed by atoms with Crippen LogP contribution in [-0.4, -0.2) is 15.0 Å². The van der Waals surface area contributed by atoms with Crippen LogP contribution in [-0.2, 0) is 7.05 Å². The van der Waals surface area contributed by atoms with E-state index < -0.39 is 6.04 Å². The third-order valence-electron chi connectivity index (χ3n) is 2.38. The van der Waals surface area contributed by atoms with Gasteiger partial charge in [-0.1, -0.05) is 34.5 Å². The fourth-order valence-electron chi connectivity index (χ4n) is 1.53. The predicted octanol–water partition coefficient (Wildman–Crippen LogP) is 2.17. The van der Waals surface area contributed by atoms with E-state index in [0.29, 0.717) is 15.6 Å². The predicted molar refractivity (Wildman–Crippen MR) is 63.5 cm³/mol. The minimum absolute atomic E-state index is 0.429. The van der Waals surface area contributed by atoms with Gasteiger partial charge in [-0.05, 0) is 12.1 Å². The first-order valence-corrected chi connectivity index (χ1v) is 5.41. The number of hydrogen-bond acceptors (Lipinski definition) is 3. The van der Waals surface area contributed by atoms with Crippen molar-refractivity contribution in [1.82, 2.24) is 15.0 Å². The van der Waals surface area contributed by atoms with Crippen molar-refractivity contribution in [1.29, 1.82) is 0 Å². The summed E-state index contributed by atoms with van der Waals surface area (Å²) in [5.74, 6) is 0. The average Bonchev–Trinajstić information content (AvgIpc) is 2.64. The zero-order chi connectivity index (χ0) is 11.7. The van der Waals surface area contributed by atoms with Gasteiger partial charge in [-0.3, -0.25) is 4.68 Å². The molecule has 1 heterocycles. The molecule has 0 amide bonds. The highest BCUT2D eigenvalue weighted by molar-refractivity contribution is 6.36. The van der Waals surface area contributed by atoms with E-state index in [1.165, 1.54) is 0 Å². The van der Waals surface area contributed by atoms with Gasteiger partial charge < -0.3 is 5.73 Å². The molecule has 0 saturated heterocycles. The molecule has 0 aliphatic rings. The topological polar surface area (TPSA) is 56.7 Å².